The number of hydrogen-bond acceptors (Lipinski definition) is 3. The van der Waals surface area contributed by atoms with Crippen LogP contribution in [0.1, 0.15) is 0 Å². The molecule has 16 heavy (non-hydrogen) atoms. The Kier molecular flexibility index (Phi) is 2.85. The van der Waals surface area contributed by atoms with Crippen LogP contribution in [0.25, 0.3) is 0 Å². The molecule has 0 radical (unpaired) electrons. The van der Waals surface area contributed by atoms with E-state index in [0.29, 0.717) is 24.6 Å². The van der Waals surface area contributed by atoms with Crippen molar-refractivity contribution in [3.8, 4) is 11.5 Å². The van der Waals surface area contributed by atoms with Gasteiger partial charge in [0.05, 0.1) is 14.2 Å². The molecule has 0 spiro atoms. The number of urea groups is 1. The van der Waals surface area contributed by atoms with Crippen LogP contribution in [0.4, 0.5) is 10.5 Å². The minimum atomic E-state index is -0.0766. The summed E-state index contributed by atoms with van der Waals surface area (Å²) < 4.78 is 10.3. The number of nitrogens with zero attached hydrogens (tertiary/aromatic N) is 1. The van der Waals surface area contributed by atoms with Gasteiger partial charge in [0.1, 0.15) is 0 Å². The van der Waals surface area contributed by atoms with E-state index in [0.717, 1.165) is 5.69 Å². The largest absolute Gasteiger partial charge is 0.493 e. The van der Waals surface area contributed by atoms with Gasteiger partial charge in [0.2, 0.25) is 0 Å². The topological polar surface area (TPSA) is 50.8 Å². The number of carbonyl (C=O) groups excluding carboxylic acids is 1. The van der Waals surface area contributed by atoms with Crippen LogP contribution in [0.15, 0.2) is 18.2 Å². The molecule has 0 aromatic heterocycles. The van der Waals surface area contributed by atoms with E-state index in [4.69, 9.17) is 9.47 Å². The van der Waals surface area contributed by atoms with Crippen LogP contribution in [0.3, 0.4) is 0 Å². The second-order valence-electron chi connectivity index (χ2n) is 3.42. The van der Waals surface area contributed by atoms with Crippen molar-refractivity contribution in [2.24, 2.45) is 0 Å². The molecule has 1 heterocycles. The molecule has 0 aliphatic carbocycles. The van der Waals surface area contributed by atoms with E-state index in [1.165, 1.54) is 0 Å². The van der Waals surface area contributed by atoms with Gasteiger partial charge in [-0.25, -0.2) is 4.79 Å². The Labute approximate surface area is 93.9 Å². The highest BCUT2D eigenvalue weighted by molar-refractivity contribution is 5.94. The molecule has 0 unspecified atom stereocenters. The first-order valence-corrected chi connectivity index (χ1v) is 5.03. The van der Waals surface area contributed by atoms with Gasteiger partial charge in [0.15, 0.2) is 11.5 Å². The molecule has 0 saturated carbocycles. The van der Waals surface area contributed by atoms with E-state index in [1.807, 2.05) is 6.07 Å². The van der Waals surface area contributed by atoms with Gasteiger partial charge in [-0.15, -0.1) is 0 Å². The molecule has 1 aromatic rings. The van der Waals surface area contributed by atoms with Gasteiger partial charge in [0, 0.05) is 24.8 Å². The van der Waals surface area contributed by atoms with Crippen molar-refractivity contribution in [1.29, 1.82) is 0 Å². The Morgan fingerprint density at radius 2 is 2.00 bits per heavy atom. The van der Waals surface area contributed by atoms with Gasteiger partial charge in [-0.1, -0.05) is 0 Å². The SMILES string of the molecule is COc1ccc(N2CCNC2=O)cc1OC. The zero-order valence-electron chi connectivity index (χ0n) is 9.32. The van der Waals surface area contributed by atoms with Gasteiger partial charge in [0.25, 0.3) is 0 Å². The van der Waals surface area contributed by atoms with Gasteiger partial charge in [-0.3, -0.25) is 4.90 Å². The van der Waals surface area contributed by atoms with Crippen LogP contribution in [0.5, 0.6) is 11.5 Å². The van der Waals surface area contributed by atoms with Gasteiger partial charge >= 0.3 is 6.03 Å². The van der Waals surface area contributed by atoms with E-state index in [9.17, 15) is 4.79 Å². The van der Waals surface area contributed by atoms with Crippen LogP contribution >= 0.6 is 0 Å². The highest BCUT2D eigenvalue weighted by Crippen LogP contribution is 2.31. The molecule has 0 atom stereocenters. The number of carbonyl (C=O) groups is 1. The first-order valence-electron chi connectivity index (χ1n) is 5.03. The van der Waals surface area contributed by atoms with E-state index >= 15 is 0 Å². The van der Waals surface area contributed by atoms with Gasteiger partial charge < -0.3 is 14.8 Å². The molecule has 1 fully saturated rings. The molecular weight excluding hydrogens is 208 g/mol. The summed E-state index contributed by atoms with van der Waals surface area (Å²) in [5.41, 5.74) is 0.813. The van der Waals surface area contributed by atoms with E-state index in [1.54, 1.807) is 31.3 Å². The average Bonchev–Trinajstić information content (AvgIpc) is 2.74. The second-order valence-corrected chi connectivity index (χ2v) is 3.42. The molecule has 86 valence electrons. The summed E-state index contributed by atoms with van der Waals surface area (Å²) in [4.78, 5) is 13.1. The second kappa shape index (κ2) is 4.30. The fourth-order valence-electron chi connectivity index (χ4n) is 1.71. The average molecular weight is 222 g/mol. The smallest absolute Gasteiger partial charge is 0.321 e. The van der Waals surface area contributed by atoms with Crippen molar-refractivity contribution >= 4 is 11.7 Å². The predicted octanol–water partition coefficient (Wildman–Crippen LogP) is 1.23. The summed E-state index contributed by atoms with van der Waals surface area (Å²) in [5, 5.41) is 2.75. The van der Waals surface area contributed by atoms with Crippen molar-refractivity contribution in [2.75, 3.05) is 32.2 Å². The summed E-state index contributed by atoms with van der Waals surface area (Å²) in [7, 11) is 3.16. The van der Waals surface area contributed by atoms with Crippen molar-refractivity contribution in [3.63, 3.8) is 0 Å². The Balaban J connectivity index is 2.32. The Morgan fingerprint density at radius 1 is 1.25 bits per heavy atom. The lowest BCUT2D eigenvalue weighted by Crippen LogP contribution is -2.27. The number of amides is 2. The number of methoxy groups -OCH3 is 2. The maximum absolute atomic E-state index is 11.5. The molecular formula is C11H14N2O3. The maximum Gasteiger partial charge on any atom is 0.321 e. The third-order valence-corrected chi connectivity index (χ3v) is 2.54. The molecule has 5 nitrogen and oxygen atoms in total. The number of hydrogen-bond donors (Lipinski definition) is 1. The summed E-state index contributed by atoms with van der Waals surface area (Å²) in [6.45, 7) is 1.35. The number of benzene rings is 1. The molecule has 2 amide bonds. The number of anilines is 1. The first kappa shape index (κ1) is 10.6. The van der Waals surface area contributed by atoms with Crippen LogP contribution < -0.4 is 19.7 Å². The van der Waals surface area contributed by atoms with E-state index in [-0.39, 0.29) is 6.03 Å². The Hall–Kier alpha value is -1.91. The summed E-state index contributed by atoms with van der Waals surface area (Å²) in [6.07, 6.45) is 0. The molecule has 2 rings (SSSR count). The van der Waals surface area contributed by atoms with Crippen molar-refractivity contribution in [1.82, 2.24) is 5.32 Å². The lowest BCUT2D eigenvalue weighted by atomic mass is 10.2. The first-order chi connectivity index (χ1) is 7.76. The molecule has 5 heteroatoms. The van der Waals surface area contributed by atoms with Crippen LogP contribution in [-0.2, 0) is 0 Å². The minimum absolute atomic E-state index is 0.0766. The molecule has 1 saturated heterocycles. The Morgan fingerprint density at radius 3 is 2.56 bits per heavy atom. The molecule has 1 aliphatic rings. The summed E-state index contributed by atoms with van der Waals surface area (Å²) in [5.74, 6) is 1.28. The van der Waals surface area contributed by atoms with Crippen LogP contribution in [0.2, 0.25) is 0 Å². The van der Waals surface area contributed by atoms with Crippen molar-refractivity contribution < 1.29 is 14.3 Å². The molecule has 0 bridgehead atoms. The number of rotatable bonds is 3. The fourth-order valence-corrected chi connectivity index (χ4v) is 1.71. The minimum Gasteiger partial charge on any atom is -0.493 e. The predicted molar refractivity (Wildman–Crippen MR) is 60.3 cm³/mol. The molecule has 1 N–H and O–H groups in total. The monoisotopic (exact) mass is 222 g/mol. The summed E-state index contributed by atoms with van der Waals surface area (Å²) in [6, 6.07) is 5.35. The lowest BCUT2D eigenvalue weighted by molar-refractivity contribution is 0.252. The highest BCUT2D eigenvalue weighted by Gasteiger charge is 2.22. The fraction of sp³-hybridized carbons (Fsp3) is 0.364. The lowest BCUT2D eigenvalue weighted by Gasteiger charge is -2.16. The molecule has 1 aromatic carbocycles. The van der Waals surface area contributed by atoms with E-state index < -0.39 is 0 Å². The van der Waals surface area contributed by atoms with Crippen molar-refractivity contribution in [3.05, 3.63) is 18.2 Å². The van der Waals surface area contributed by atoms with Crippen molar-refractivity contribution in [2.45, 2.75) is 0 Å². The van der Waals surface area contributed by atoms with Crippen LogP contribution in [0, 0.1) is 0 Å². The Bertz CT molecular complexity index is 406. The normalized spacial score (nSPS) is 14.9. The quantitative estimate of drug-likeness (QED) is 0.837. The third kappa shape index (κ3) is 1.76. The number of ether oxygens (including phenoxy) is 2. The number of nitrogens with one attached hydrogen (secondary N) is 1. The van der Waals surface area contributed by atoms with E-state index in [2.05, 4.69) is 5.32 Å². The highest BCUT2D eigenvalue weighted by atomic mass is 16.5. The van der Waals surface area contributed by atoms with Gasteiger partial charge in [-0.05, 0) is 12.1 Å². The molecule has 1 aliphatic heterocycles. The maximum atomic E-state index is 11.5. The zero-order valence-corrected chi connectivity index (χ0v) is 9.32. The third-order valence-electron chi connectivity index (χ3n) is 2.54. The zero-order chi connectivity index (χ0) is 11.5. The standard InChI is InChI=1S/C11H14N2O3/c1-15-9-4-3-8(7-10(9)16-2)13-6-5-12-11(13)14/h3-4,7H,5-6H2,1-2H3,(H,12,14). The van der Waals surface area contributed by atoms with Gasteiger partial charge in [-0.2, -0.15) is 0 Å². The summed E-state index contributed by atoms with van der Waals surface area (Å²) >= 11 is 0. The van der Waals surface area contributed by atoms with Crippen LogP contribution in [-0.4, -0.2) is 33.3 Å².